The lowest BCUT2D eigenvalue weighted by atomic mass is 10.1. The minimum absolute atomic E-state index is 0.0256. The predicted octanol–water partition coefficient (Wildman–Crippen LogP) is 1.03. The first-order chi connectivity index (χ1) is 9.52. The summed E-state index contributed by atoms with van der Waals surface area (Å²) in [5, 5.41) is 12.2. The maximum atomic E-state index is 12.4. The number of thioether (sulfide) groups is 1. The molecule has 2 aliphatic rings. The lowest BCUT2D eigenvalue weighted by Gasteiger charge is -2.33. The minimum Gasteiger partial charge on any atom is -0.480 e. The number of hydrogen-bond donors (Lipinski definition) is 2. The van der Waals surface area contributed by atoms with Crippen LogP contribution in [0.4, 0.5) is 4.79 Å². The van der Waals surface area contributed by atoms with Crippen molar-refractivity contribution in [1.82, 2.24) is 15.1 Å². The van der Waals surface area contributed by atoms with E-state index in [4.69, 9.17) is 0 Å². The molecule has 2 N–H and O–H groups in total. The Morgan fingerprint density at radius 2 is 2.00 bits per heavy atom. The molecule has 2 amide bonds. The third kappa shape index (κ3) is 3.38. The van der Waals surface area contributed by atoms with E-state index in [9.17, 15) is 14.7 Å². The van der Waals surface area contributed by atoms with Crippen LogP contribution >= 0.6 is 11.8 Å². The first kappa shape index (κ1) is 15.4. The fourth-order valence-electron chi connectivity index (χ4n) is 2.74. The molecule has 20 heavy (non-hydrogen) atoms. The van der Waals surface area contributed by atoms with Crippen molar-refractivity contribution < 1.29 is 14.7 Å². The van der Waals surface area contributed by atoms with Crippen molar-refractivity contribution in [3.8, 4) is 0 Å². The predicted molar refractivity (Wildman–Crippen MR) is 78.9 cm³/mol. The van der Waals surface area contributed by atoms with E-state index in [1.807, 2.05) is 6.92 Å². The zero-order chi connectivity index (χ0) is 14.7. The maximum Gasteiger partial charge on any atom is 0.327 e. The monoisotopic (exact) mass is 301 g/mol. The van der Waals surface area contributed by atoms with Crippen LogP contribution in [0.5, 0.6) is 0 Å². The van der Waals surface area contributed by atoms with Crippen LogP contribution in [0.3, 0.4) is 0 Å². The van der Waals surface area contributed by atoms with Crippen LogP contribution in [0.2, 0.25) is 0 Å². The molecule has 0 saturated carbocycles. The van der Waals surface area contributed by atoms with Gasteiger partial charge >= 0.3 is 12.0 Å². The van der Waals surface area contributed by atoms with E-state index >= 15 is 0 Å². The SMILES string of the molecule is CCC1SCC(C(=O)O)N1C(=O)NC1CCN(C)CC1. The standard InChI is InChI=1S/C13H23N3O3S/c1-3-11-16(10(8-20-11)12(17)18)13(19)14-9-4-6-15(2)7-5-9/h9-11H,3-8H2,1-2H3,(H,14,19)(H,17,18). The number of nitrogens with zero attached hydrogens (tertiary/aromatic N) is 2. The highest BCUT2D eigenvalue weighted by Crippen LogP contribution is 2.31. The van der Waals surface area contributed by atoms with Crippen LogP contribution in [0, 0.1) is 0 Å². The van der Waals surface area contributed by atoms with Gasteiger partial charge in [-0.1, -0.05) is 6.92 Å². The normalized spacial score (nSPS) is 28.6. The highest BCUT2D eigenvalue weighted by molar-refractivity contribution is 8.00. The Bertz CT molecular complexity index is 372. The molecule has 0 spiro atoms. The van der Waals surface area contributed by atoms with Gasteiger partial charge in [0.05, 0.1) is 5.37 Å². The quantitative estimate of drug-likeness (QED) is 0.814. The van der Waals surface area contributed by atoms with Gasteiger partial charge in [-0.3, -0.25) is 4.90 Å². The number of amides is 2. The van der Waals surface area contributed by atoms with Gasteiger partial charge in [-0.05, 0) is 39.4 Å². The summed E-state index contributed by atoms with van der Waals surface area (Å²) in [6.45, 7) is 3.93. The number of hydrogen-bond acceptors (Lipinski definition) is 4. The highest BCUT2D eigenvalue weighted by atomic mass is 32.2. The van der Waals surface area contributed by atoms with E-state index < -0.39 is 12.0 Å². The van der Waals surface area contributed by atoms with Gasteiger partial charge in [-0.2, -0.15) is 0 Å². The van der Waals surface area contributed by atoms with Crippen LogP contribution in [0.1, 0.15) is 26.2 Å². The smallest absolute Gasteiger partial charge is 0.327 e. The van der Waals surface area contributed by atoms with Crippen LogP contribution in [0.15, 0.2) is 0 Å². The van der Waals surface area contributed by atoms with E-state index in [-0.39, 0.29) is 17.4 Å². The lowest BCUT2D eigenvalue weighted by molar-refractivity contribution is -0.141. The third-order valence-corrected chi connectivity index (χ3v) is 5.46. The number of carbonyl (C=O) groups excluding carboxylic acids is 1. The van der Waals surface area contributed by atoms with E-state index in [1.165, 1.54) is 4.90 Å². The number of urea groups is 1. The summed E-state index contributed by atoms with van der Waals surface area (Å²) in [5.74, 6) is -0.429. The molecule has 6 nitrogen and oxygen atoms in total. The summed E-state index contributed by atoms with van der Waals surface area (Å²) in [5.41, 5.74) is 0. The van der Waals surface area contributed by atoms with Crippen molar-refractivity contribution in [2.24, 2.45) is 0 Å². The summed E-state index contributed by atoms with van der Waals surface area (Å²) in [6.07, 6.45) is 2.63. The van der Waals surface area contributed by atoms with Crippen molar-refractivity contribution >= 4 is 23.8 Å². The second kappa shape index (κ2) is 6.67. The topological polar surface area (TPSA) is 72.9 Å². The average molecular weight is 301 g/mol. The van der Waals surface area contributed by atoms with Gasteiger partial charge in [0.15, 0.2) is 0 Å². The average Bonchev–Trinajstić information content (AvgIpc) is 2.85. The molecule has 2 heterocycles. The first-order valence-corrected chi connectivity index (χ1v) is 8.19. The van der Waals surface area contributed by atoms with Crippen molar-refractivity contribution in [1.29, 1.82) is 0 Å². The molecule has 2 fully saturated rings. The zero-order valence-corrected chi connectivity index (χ0v) is 12.9. The molecule has 2 rings (SSSR count). The number of nitrogens with one attached hydrogen (secondary N) is 1. The maximum absolute atomic E-state index is 12.4. The number of carboxylic acid groups (broad SMARTS) is 1. The van der Waals surface area contributed by atoms with E-state index in [0.717, 1.165) is 32.4 Å². The molecule has 0 aliphatic carbocycles. The number of rotatable bonds is 3. The summed E-state index contributed by atoms with van der Waals surface area (Å²) in [6, 6.07) is -0.753. The molecule has 0 aromatic heterocycles. The largest absolute Gasteiger partial charge is 0.480 e. The third-order valence-electron chi connectivity index (χ3n) is 4.01. The second-order valence-electron chi connectivity index (χ2n) is 5.48. The summed E-state index contributed by atoms with van der Waals surface area (Å²) in [7, 11) is 2.07. The van der Waals surface area contributed by atoms with Crippen molar-refractivity contribution in [2.45, 2.75) is 43.6 Å². The van der Waals surface area contributed by atoms with Crippen molar-refractivity contribution in [2.75, 3.05) is 25.9 Å². The zero-order valence-electron chi connectivity index (χ0n) is 12.0. The molecule has 0 aromatic carbocycles. The Hall–Kier alpha value is -0.950. The Kier molecular flexibility index (Phi) is 5.15. The number of likely N-dealkylation sites (tertiary alicyclic amines) is 1. The molecule has 2 saturated heterocycles. The summed E-state index contributed by atoms with van der Waals surface area (Å²) >= 11 is 1.55. The van der Waals surface area contributed by atoms with Gasteiger partial charge in [-0.15, -0.1) is 11.8 Å². The molecule has 2 aliphatic heterocycles. The summed E-state index contributed by atoms with van der Waals surface area (Å²) in [4.78, 5) is 27.4. The fourth-order valence-corrected chi connectivity index (χ4v) is 4.09. The number of piperidine rings is 1. The van der Waals surface area contributed by atoms with Crippen molar-refractivity contribution in [3.05, 3.63) is 0 Å². The lowest BCUT2D eigenvalue weighted by Crippen LogP contribution is -2.54. The minimum atomic E-state index is -0.910. The van der Waals surface area contributed by atoms with Crippen LogP contribution in [-0.2, 0) is 4.79 Å². The van der Waals surface area contributed by atoms with Gasteiger partial charge in [0.2, 0.25) is 0 Å². The van der Waals surface area contributed by atoms with E-state index in [0.29, 0.717) is 5.75 Å². The van der Waals surface area contributed by atoms with Crippen LogP contribution < -0.4 is 5.32 Å². The molecule has 2 unspecified atom stereocenters. The van der Waals surface area contributed by atoms with E-state index in [2.05, 4.69) is 17.3 Å². The van der Waals surface area contributed by atoms with Crippen LogP contribution in [0.25, 0.3) is 0 Å². The Morgan fingerprint density at radius 3 is 2.55 bits per heavy atom. The van der Waals surface area contributed by atoms with Crippen molar-refractivity contribution in [3.63, 3.8) is 0 Å². The Labute approximate surface area is 123 Å². The summed E-state index contributed by atoms with van der Waals surface area (Å²) < 4.78 is 0. The van der Waals surface area contributed by atoms with Gasteiger partial charge < -0.3 is 15.3 Å². The number of carboxylic acids is 1. The van der Waals surface area contributed by atoms with Gasteiger partial charge in [0, 0.05) is 11.8 Å². The van der Waals surface area contributed by atoms with Crippen LogP contribution in [-0.4, -0.2) is 70.3 Å². The molecular weight excluding hydrogens is 278 g/mol. The Morgan fingerprint density at radius 1 is 1.35 bits per heavy atom. The Balaban J connectivity index is 1.96. The molecular formula is C13H23N3O3S. The first-order valence-electron chi connectivity index (χ1n) is 7.14. The molecule has 0 radical (unpaired) electrons. The number of aliphatic carboxylic acids is 1. The highest BCUT2D eigenvalue weighted by Gasteiger charge is 2.41. The molecule has 2 atom stereocenters. The molecule has 7 heteroatoms. The van der Waals surface area contributed by atoms with Gasteiger partial charge in [-0.25, -0.2) is 9.59 Å². The fraction of sp³-hybridized carbons (Fsp3) is 0.846. The van der Waals surface area contributed by atoms with Gasteiger partial charge in [0.1, 0.15) is 6.04 Å². The molecule has 0 aromatic rings. The van der Waals surface area contributed by atoms with Gasteiger partial charge in [0.25, 0.3) is 0 Å². The second-order valence-corrected chi connectivity index (χ2v) is 6.70. The molecule has 114 valence electrons. The number of carbonyl (C=O) groups is 2. The molecule has 0 bridgehead atoms. The van der Waals surface area contributed by atoms with E-state index in [1.54, 1.807) is 11.8 Å².